The molecule has 1 aromatic carbocycles. The predicted octanol–water partition coefficient (Wildman–Crippen LogP) is 3.28. The first-order valence-electron chi connectivity index (χ1n) is 6.39. The highest BCUT2D eigenvalue weighted by molar-refractivity contribution is 5.28. The van der Waals surface area contributed by atoms with Crippen LogP contribution in [0.5, 0.6) is 5.75 Å². The van der Waals surface area contributed by atoms with Gasteiger partial charge < -0.3 is 10.1 Å². The monoisotopic (exact) mass is 231 g/mol. The summed E-state index contributed by atoms with van der Waals surface area (Å²) < 4.78 is 5.69. The van der Waals surface area contributed by atoms with E-state index in [9.17, 15) is 0 Å². The van der Waals surface area contributed by atoms with Crippen LogP contribution in [0.2, 0.25) is 0 Å². The summed E-state index contributed by atoms with van der Waals surface area (Å²) >= 11 is 0. The Labute approximate surface area is 104 Å². The maximum Gasteiger partial charge on any atom is 0.120 e. The van der Waals surface area contributed by atoms with Gasteiger partial charge in [0.25, 0.3) is 0 Å². The van der Waals surface area contributed by atoms with Crippen LogP contribution >= 0.6 is 0 Å². The summed E-state index contributed by atoms with van der Waals surface area (Å²) in [5.41, 5.74) is 2.42. The second-order valence-electron chi connectivity index (χ2n) is 4.69. The van der Waals surface area contributed by atoms with Crippen molar-refractivity contribution < 1.29 is 4.74 Å². The maximum atomic E-state index is 5.69. The van der Waals surface area contributed by atoms with Crippen molar-refractivity contribution in [2.45, 2.75) is 38.8 Å². The van der Waals surface area contributed by atoms with Crippen LogP contribution in [0.1, 0.15) is 31.7 Å². The zero-order valence-electron chi connectivity index (χ0n) is 10.5. The predicted molar refractivity (Wildman–Crippen MR) is 71.2 cm³/mol. The van der Waals surface area contributed by atoms with Crippen molar-refractivity contribution in [1.29, 1.82) is 0 Å². The van der Waals surface area contributed by atoms with Gasteiger partial charge in [0, 0.05) is 12.6 Å². The van der Waals surface area contributed by atoms with Crippen molar-refractivity contribution in [1.82, 2.24) is 5.32 Å². The molecule has 2 nitrogen and oxygen atoms in total. The molecule has 0 aromatic heterocycles. The first-order valence-corrected chi connectivity index (χ1v) is 6.39. The van der Waals surface area contributed by atoms with Crippen LogP contribution < -0.4 is 10.1 Å². The van der Waals surface area contributed by atoms with E-state index >= 15 is 0 Å². The fourth-order valence-electron chi connectivity index (χ4n) is 1.58. The summed E-state index contributed by atoms with van der Waals surface area (Å²) in [5.74, 6) is 0.940. The van der Waals surface area contributed by atoms with Crippen LogP contribution in [-0.2, 0) is 6.54 Å². The number of hydrogen-bond acceptors (Lipinski definition) is 2. The average molecular weight is 231 g/mol. The van der Waals surface area contributed by atoms with Gasteiger partial charge in [-0.15, -0.1) is 0 Å². The molecule has 2 rings (SSSR count). The molecule has 92 valence electrons. The first kappa shape index (κ1) is 12.2. The maximum absolute atomic E-state index is 5.69. The van der Waals surface area contributed by atoms with Gasteiger partial charge in [0.1, 0.15) is 12.4 Å². The largest absolute Gasteiger partial charge is 0.489 e. The Hall–Kier alpha value is -1.28. The molecule has 0 aliphatic heterocycles. The molecule has 2 heteroatoms. The average Bonchev–Trinajstić information content (AvgIpc) is 3.18. The highest BCUT2D eigenvalue weighted by atomic mass is 16.5. The molecule has 1 N–H and O–H groups in total. The number of benzene rings is 1. The Morgan fingerprint density at radius 2 is 2.29 bits per heavy atom. The molecule has 0 spiro atoms. The van der Waals surface area contributed by atoms with E-state index in [0.29, 0.717) is 6.61 Å². The fraction of sp³-hybridized carbons (Fsp3) is 0.467. The molecular formula is C15H21NO. The van der Waals surface area contributed by atoms with Gasteiger partial charge in [-0.1, -0.05) is 25.6 Å². The number of hydrogen-bond donors (Lipinski definition) is 1. The van der Waals surface area contributed by atoms with Gasteiger partial charge >= 0.3 is 0 Å². The molecule has 1 fully saturated rings. The molecule has 0 unspecified atom stereocenters. The molecule has 1 saturated carbocycles. The lowest BCUT2D eigenvalue weighted by Gasteiger charge is -2.09. The minimum atomic E-state index is 0.621. The third kappa shape index (κ3) is 4.23. The lowest BCUT2D eigenvalue weighted by molar-refractivity contribution is 0.348. The van der Waals surface area contributed by atoms with Gasteiger partial charge in [-0.25, -0.2) is 0 Å². The van der Waals surface area contributed by atoms with Crippen LogP contribution in [0.3, 0.4) is 0 Å². The van der Waals surface area contributed by atoms with Crippen LogP contribution in [0.4, 0.5) is 0 Å². The van der Waals surface area contributed by atoms with Crippen molar-refractivity contribution in [2.24, 2.45) is 0 Å². The Kier molecular flexibility index (Phi) is 4.21. The smallest absolute Gasteiger partial charge is 0.120 e. The highest BCUT2D eigenvalue weighted by Crippen LogP contribution is 2.20. The van der Waals surface area contributed by atoms with Gasteiger partial charge in [-0.2, -0.15) is 0 Å². The van der Waals surface area contributed by atoms with Crippen molar-refractivity contribution in [2.75, 3.05) is 6.61 Å². The number of nitrogens with one attached hydrogen (secondary N) is 1. The number of rotatable bonds is 7. The lowest BCUT2D eigenvalue weighted by Crippen LogP contribution is -2.15. The quantitative estimate of drug-likeness (QED) is 0.727. The zero-order chi connectivity index (χ0) is 12.1. The Morgan fingerprint density at radius 1 is 1.47 bits per heavy atom. The van der Waals surface area contributed by atoms with E-state index in [-0.39, 0.29) is 0 Å². The Balaban J connectivity index is 1.84. The molecule has 17 heavy (non-hydrogen) atoms. The van der Waals surface area contributed by atoms with Crippen LogP contribution in [0.15, 0.2) is 36.4 Å². The summed E-state index contributed by atoms with van der Waals surface area (Å²) in [6, 6.07) is 9.05. The van der Waals surface area contributed by atoms with Gasteiger partial charge in [-0.3, -0.25) is 0 Å². The minimum absolute atomic E-state index is 0.621. The molecule has 0 heterocycles. The SMILES string of the molecule is C=C(CC)COc1cccc(CNC2CC2)c1. The Bertz CT molecular complexity index is 382. The van der Waals surface area contributed by atoms with Crippen molar-refractivity contribution in [3.05, 3.63) is 42.0 Å². The van der Waals surface area contributed by atoms with E-state index in [1.54, 1.807) is 0 Å². The van der Waals surface area contributed by atoms with Gasteiger partial charge in [0.2, 0.25) is 0 Å². The van der Waals surface area contributed by atoms with Gasteiger partial charge in [0.05, 0.1) is 0 Å². The van der Waals surface area contributed by atoms with Gasteiger partial charge in [0.15, 0.2) is 0 Å². The first-order chi connectivity index (χ1) is 8.28. The third-order valence-corrected chi connectivity index (χ3v) is 3.01. The second-order valence-corrected chi connectivity index (χ2v) is 4.69. The molecule has 0 bridgehead atoms. The van der Waals surface area contributed by atoms with E-state index in [2.05, 4.69) is 31.0 Å². The third-order valence-electron chi connectivity index (χ3n) is 3.01. The van der Waals surface area contributed by atoms with Crippen molar-refractivity contribution >= 4 is 0 Å². The van der Waals surface area contributed by atoms with Crippen LogP contribution in [0, 0.1) is 0 Å². The standard InChI is InChI=1S/C15H21NO/c1-3-12(2)11-17-15-6-4-5-13(9-15)10-16-14-7-8-14/h4-6,9,14,16H,2-3,7-8,10-11H2,1H3. The van der Waals surface area contributed by atoms with Crippen LogP contribution in [0.25, 0.3) is 0 Å². The van der Waals surface area contributed by atoms with E-state index < -0.39 is 0 Å². The molecule has 0 radical (unpaired) electrons. The summed E-state index contributed by atoms with van der Waals surface area (Å²) in [7, 11) is 0. The summed E-state index contributed by atoms with van der Waals surface area (Å²) in [4.78, 5) is 0. The van der Waals surface area contributed by atoms with Crippen molar-refractivity contribution in [3.63, 3.8) is 0 Å². The van der Waals surface area contributed by atoms with E-state index in [4.69, 9.17) is 4.74 Å². The molecule has 0 atom stereocenters. The van der Waals surface area contributed by atoms with Crippen molar-refractivity contribution in [3.8, 4) is 5.75 Å². The topological polar surface area (TPSA) is 21.3 Å². The molecule has 0 saturated heterocycles. The summed E-state index contributed by atoms with van der Waals surface area (Å²) in [6.07, 6.45) is 3.63. The van der Waals surface area contributed by atoms with Crippen LogP contribution in [-0.4, -0.2) is 12.6 Å². The zero-order valence-corrected chi connectivity index (χ0v) is 10.5. The molecular weight excluding hydrogens is 210 g/mol. The van der Waals surface area contributed by atoms with E-state index in [1.165, 1.54) is 18.4 Å². The second kappa shape index (κ2) is 5.87. The van der Waals surface area contributed by atoms with E-state index in [0.717, 1.165) is 30.3 Å². The fourth-order valence-corrected chi connectivity index (χ4v) is 1.58. The molecule has 1 aliphatic carbocycles. The highest BCUT2D eigenvalue weighted by Gasteiger charge is 2.19. The molecule has 0 amide bonds. The minimum Gasteiger partial charge on any atom is -0.489 e. The Morgan fingerprint density at radius 3 is 3.00 bits per heavy atom. The normalized spacial score (nSPS) is 14.6. The summed E-state index contributed by atoms with van der Waals surface area (Å²) in [5, 5.41) is 3.50. The molecule has 1 aromatic rings. The van der Waals surface area contributed by atoms with E-state index in [1.807, 2.05) is 12.1 Å². The summed E-state index contributed by atoms with van der Waals surface area (Å²) in [6.45, 7) is 7.60. The number of ether oxygens (including phenoxy) is 1. The lowest BCUT2D eigenvalue weighted by atomic mass is 10.2. The van der Waals surface area contributed by atoms with Gasteiger partial charge in [-0.05, 0) is 42.5 Å². The molecule has 1 aliphatic rings.